The summed E-state index contributed by atoms with van der Waals surface area (Å²) in [7, 11) is 0. The minimum Gasteiger partial charge on any atom is -0.372 e. The van der Waals surface area contributed by atoms with Crippen molar-refractivity contribution < 1.29 is 19.2 Å². The topological polar surface area (TPSA) is 102 Å². The van der Waals surface area contributed by atoms with Crippen molar-refractivity contribution in [3.63, 3.8) is 0 Å². The number of amides is 2. The maximum absolute atomic E-state index is 12.1. The van der Waals surface area contributed by atoms with Crippen LogP contribution >= 0.6 is 0 Å². The summed E-state index contributed by atoms with van der Waals surface area (Å²) in [5.41, 5.74) is -0.0180. The van der Waals surface area contributed by atoms with Crippen molar-refractivity contribution in [1.82, 2.24) is 10.2 Å². The molecule has 1 N–H and O–H groups in total. The van der Waals surface area contributed by atoms with Gasteiger partial charge in [0.25, 0.3) is 11.6 Å². The van der Waals surface area contributed by atoms with Crippen LogP contribution in [-0.2, 0) is 9.53 Å². The average Bonchev–Trinajstić information content (AvgIpc) is 2.51. The van der Waals surface area contributed by atoms with E-state index in [4.69, 9.17) is 4.74 Å². The molecule has 1 aliphatic rings. The Kier molecular flexibility index (Phi) is 5.28. The fourth-order valence-electron chi connectivity index (χ4n) is 2.51. The highest BCUT2D eigenvalue weighted by molar-refractivity contribution is 5.96. The number of nitro groups is 1. The van der Waals surface area contributed by atoms with Gasteiger partial charge in [-0.05, 0) is 19.9 Å². The van der Waals surface area contributed by atoms with Crippen molar-refractivity contribution in [2.75, 3.05) is 19.6 Å². The van der Waals surface area contributed by atoms with Crippen molar-refractivity contribution >= 4 is 17.5 Å². The lowest BCUT2D eigenvalue weighted by Gasteiger charge is -2.35. The van der Waals surface area contributed by atoms with Gasteiger partial charge in [-0.25, -0.2) is 0 Å². The van der Waals surface area contributed by atoms with Crippen LogP contribution in [0.5, 0.6) is 0 Å². The quantitative estimate of drug-likeness (QED) is 0.657. The second-order valence-electron chi connectivity index (χ2n) is 5.55. The van der Waals surface area contributed by atoms with Gasteiger partial charge >= 0.3 is 0 Å². The molecule has 8 heteroatoms. The van der Waals surface area contributed by atoms with Crippen molar-refractivity contribution in [1.29, 1.82) is 0 Å². The number of nitro benzene ring substituents is 1. The lowest BCUT2D eigenvalue weighted by atomic mass is 10.2. The Morgan fingerprint density at radius 2 is 2.00 bits per heavy atom. The Bertz CT molecular complexity index is 609. The zero-order valence-electron chi connectivity index (χ0n) is 13.0. The van der Waals surface area contributed by atoms with Gasteiger partial charge in [0.15, 0.2) is 0 Å². The standard InChI is InChI=1S/C15H19N3O5/c1-10-8-17(9-11(2)23-10)14(19)7-16-15(20)12-4-3-5-13(6-12)18(21)22/h3-6,10-11H,7-9H2,1-2H3,(H,16,20)/t10-,11-/m1/s1. The molecule has 2 rings (SSSR count). The van der Waals surface area contributed by atoms with Crippen LogP contribution in [0.4, 0.5) is 5.69 Å². The van der Waals surface area contributed by atoms with E-state index in [1.807, 2.05) is 13.8 Å². The predicted octanol–water partition coefficient (Wildman–Crippen LogP) is 0.960. The molecule has 1 aromatic rings. The number of hydrogen-bond acceptors (Lipinski definition) is 5. The molecular weight excluding hydrogens is 302 g/mol. The van der Waals surface area contributed by atoms with E-state index in [1.165, 1.54) is 24.3 Å². The maximum atomic E-state index is 12.1. The van der Waals surface area contributed by atoms with E-state index in [2.05, 4.69) is 5.32 Å². The Morgan fingerprint density at radius 3 is 2.61 bits per heavy atom. The predicted molar refractivity (Wildman–Crippen MR) is 82.0 cm³/mol. The molecule has 0 aliphatic carbocycles. The number of non-ortho nitro benzene ring substituents is 1. The number of nitrogens with zero attached hydrogens (tertiary/aromatic N) is 2. The highest BCUT2D eigenvalue weighted by atomic mass is 16.6. The maximum Gasteiger partial charge on any atom is 0.270 e. The first-order valence-corrected chi connectivity index (χ1v) is 7.32. The molecule has 0 radical (unpaired) electrons. The summed E-state index contributed by atoms with van der Waals surface area (Å²) in [5.74, 6) is -0.720. The van der Waals surface area contributed by atoms with Gasteiger partial charge in [-0.15, -0.1) is 0 Å². The van der Waals surface area contributed by atoms with E-state index in [0.29, 0.717) is 13.1 Å². The van der Waals surface area contributed by atoms with Gasteiger partial charge in [0.05, 0.1) is 23.7 Å². The zero-order valence-corrected chi connectivity index (χ0v) is 13.0. The van der Waals surface area contributed by atoms with Gasteiger partial charge in [-0.1, -0.05) is 6.07 Å². The first-order chi connectivity index (χ1) is 10.9. The molecule has 2 atom stereocenters. The Hall–Kier alpha value is -2.48. The van der Waals surface area contributed by atoms with Crippen LogP contribution in [0.25, 0.3) is 0 Å². The van der Waals surface area contributed by atoms with Gasteiger partial charge in [0.1, 0.15) is 0 Å². The van der Waals surface area contributed by atoms with Crippen LogP contribution in [0.3, 0.4) is 0 Å². The molecule has 0 spiro atoms. The fourth-order valence-corrected chi connectivity index (χ4v) is 2.51. The smallest absolute Gasteiger partial charge is 0.270 e. The third-order valence-electron chi connectivity index (χ3n) is 3.49. The number of hydrogen-bond donors (Lipinski definition) is 1. The fraction of sp³-hybridized carbons (Fsp3) is 0.467. The number of rotatable bonds is 4. The van der Waals surface area contributed by atoms with Gasteiger partial charge < -0.3 is 15.0 Å². The molecule has 8 nitrogen and oxygen atoms in total. The Morgan fingerprint density at radius 1 is 1.35 bits per heavy atom. The van der Waals surface area contributed by atoms with Crippen LogP contribution < -0.4 is 5.32 Å². The second kappa shape index (κ2) is 7.19. The number of nitrogens with one attached hydrogen (secondary N) is 1. The number of carbonyl (C=O) groups is 2. The van der Waals surface area contributed by atoms with E-state index in [-0.39, 0.29) is 35.9 Å². The number of benzene rings is 1. The number of carbonyl (C=O) groups excluding carboxylic acids is 2. The summed E-state index contributed by atoms with van der Waals surface area (Å²) in [6.45, 7) is 4.59. The molecule has 0 unspecified atom stereocenters. The van der Waals surface area contributed by atoms with Gasteiger partial charge in [-0.3, -0.25) is 19.7 Å². The van der Waals surface area contributed by atoms with Gasteiger partial charge in [0.2, 0.25) is 5.91 Å². The van der Waals surface area contributed by atoms with E-state index in [0.717, 1.165) is 0 Å². The van der Waals surface area contributed by atoms with Crippen LogP contribution in [0.2, 0.25) is 0 Å². The van der Waals surface area contributed by atoms with Crippen molar-refractivity contribution in [3.8, 4) is 0 Å². The van der Waals surface area contributed by atoms with Crippen LogP contribution in [0.1, 0.15) is 24.2 Å². The summed E-state index contributed by atoms with van der Waals surface area (Å²) in [5, 5.41) is 13.2. The highest BCUT2D eigenvalue weighted by Crippen LogP contribution is 2.13. The summed E-state index contributed by atoms with van der Waals surface area (Å²) in [6.07, 6.45) is -0.0923. The molecule has 0 aromatic heterocycles. The van der Waals surface area contributed by atoms with Gasteiger partial charge in [0, 0.05) is 30.8 Å². The van der Waals surface area contributed by atoms with Crippen molar-refractivity contribution in [2.24, 2.45) is 0 Å². The average molecular weight is 321 g/mol. The lowest BCUT2D eigenvalue weighted by Crippen LogP contribution is -2.51. The van der Waals surface area contributed by atoms with Crippen LogP contribution in [0, 0.1) is 10.1 Å². The largest absolute Gasteiger partial charge is 0.372 e. The minimum absolute atomic E-state index is 0.0461. The Labute approximate surface area is 133 Å². The molecule has 1 fully saturated rings. The number of ether oxygens (including phenoxy) is 1. The van der Waals surface area contributed by atoms with Crippen molar-refractivity contribution in [3.05, 3.63) is 39.9 Å². The minimum atomic E-state index is -0.571. The lowest BCUT2D eigenvalue weighted by molar-refractivity contribution is -0.384. The molecule has 0 bridgehead atoms. The van der Waals surface area contributed by atoms with Crippen LogP contribution in [-0.4, -0.2) is 53.5 Å². The summed E-state index contributed by atoms with van der Waals surface area (Å²) in [4.78, 5) is 35.9. The third-order valence-corrected chi connectivity index (χ3v) is 3.49. The monoisotopic (exact) mass is 321 g/mol. The molecule has 1 saturated heterocycles. The molecule has 1 heterocycles. The SMILES string of the molecule is C[C@@H]1CN(C(=O)CNC(=O)c2cccc([N+](=O)[O-])c2)C[C@@H](C)O1. The first-order valence-electron chi connectivity index (χ1n) is 7.32. The Balaban J connectivity index is 1.92. The van der Waals surface area contributed by atoms with E-state index >= 15 is 0 Å². The highest BCUT2D eigenvalue weighted by Gasteiger charge is 2.26. The van der Waals surface area contributed by atoms with Crippen LogP contribution in [0.15, 0.2) is 24.3 Å². The zero-order chi connectivity index (χ0) is 17.0. The van der Waals surface area contributed by atoms with Crippen molar-refractivity contribution in [2.45, 2.75) is 26.1 Å². The molecule has 1 aromatic carbocycles. The summed E-state index contributed by atoms with van der Waals surface area (Å²) in [6, 6.07) is 5.38. The molecule has 1 aliphatic heterocycles. The molecule has 2 amide bonds. The van der Waals surface area contributed by atoms with E-state index < -0.39 is 10.8 Å². The summed E-state index contributed by atoms with van der Waals surface area (Å²) < 4.78 is 5.55. The second-order valence-corrected chi connectivity index (χ2v) is 5.55. The number of morpholine rings is 1. The molecule has 23 heavy (non-hydrogen) atoms. The molecule has 0 saturated carbocycles. The molecule has 124 valence electrons. The van der Waals surface area contributed by atoms with Gasteiger partial charge in [-0.2, -0.15) is 0 Å². The van der Waals surface area contributed by atoms with E-state index in [1.54, 1.807) is 4.90 Å². The normalized spacial score (nSPS) is 20.9. The first kappa shape index (κ1) is 16.9. The summed E-state index contributed by atoms with van der Waals surface area (Å²) >= 11 is 0. The molecular formula is C15H19N3O5. The third kappa shape index (κ3) is 4.49. The van der Waals surface area contributed by atoms with E-state index in [9.17, 15) is 19.7 Å².